The molecule has 1 rings (SSSR count). The second kappa shape index (κ2) is 5.32. The summed E-state index contributed by atoms with van der Waals surface area (Å²) in [6, 6.07) is 0. The normalized spacial score (nSPS) is 18.7. The third kappa shape index (κ3) is 3.64. The quantitative estimate of drug-likeness (QED) is 0.600. The Morgan fingerprint density at radius 3 is 2.71 bits per heavy atom. The molecule has 82 valence electrons. The third-order valence-electron chi connectivity index (χ3n) is 2.49. The maximum absolute atomic E-state index is 10.9. The van der Waals surface area contributed by atoms with Crippen LogP contribution in [-0.4, -0.2) is 39.3 Å². The average Bonchev–Trinajstić information content (AvgIpc) is 2.14. The van der Waals surface area contributed by atoms with Crippen molar-refractivity contribution in [2.75, 3.05) is 33.4 Å². The molecule has 1 saturated heterocycles. The lowest BCUT2D eigenvalue weighted by molar-refractivity contribution is -0.120. The number of rotatable bonds is 6. The molecule has 4 heteroatoms. The van der Waals surface area contributed by atoms with Crippen molar-refractivity contribution >= 4 is 5.91 Å². The smallest absolute Gasteiger partial charge is 0.219 e. The summed E-state index contributed by atoms with van der Waals surface area (Å²) in [6.07, 6.45) is 1.51. The molecule has 0 aromatic heterocycles. The van der Waals surface area contributed by atoms with Crippen molar-refractivity contribution in [3.05, 3.63) is 0 Å². The van der Waals surface area contributed by atoms with E-state index in [1.165, 1.54) is 0 Å². The van der Waals surface area contributed by atoms with Gasteiger partial charge in [-0.3, -0.25) is 4.79 Å². The molecule has 0 spiro atoms. The Balaban J connectivity index is 1.91. The molecule has 0 aromatic rings. The van der Waals surface area contributed by atoms with Crippen LogP contribution in [0.25, 0.3) is 0 Å². The van der Waals surface area contributed by atoms with Crippen molar-refractivity contribution in [2.45, 2.75) is 19.8 Å². The molecule has 1 aliphatic heterocycles. The minimum Gasteiger partial charge on any atom is -0.380 e. The fraction of sp³-hybridized carbons (Fsp3) is 0.900. The molecule has 0 saturated carbocycles. The molecular formula is C10H20N2O2. The van der Waals surface area contributed by atoms with E-state index in [1.807, 2.05) is 0 Å². The average molecular weight is 200 g/mol. The van der Waals surface area contributed by atoms with Gasteiger partial charge in [-0.25, -0.2) is 0 Å². The van der Waals surface area contributed by atoms with Gasteiger partial charge >= 0.3 is 0 Å². The number of nitrogens with one attached hydrogen (secondary N) is 2. The highest BCUT2D eigenvalue weighted by Gasteiger charge is 2.32. The molecule has 0 atom stereocenters. The van der Waals surface area contributed by atoms with E-state index < -0.39 is 0 Å². The summed E-state index contributed by atoms with van der Waals surface area (Å²) < 4.78 is 5.15. The molecule has 1 aliphatic rings. The molecule has 1 amide bonds. The highest BCUT2D eigenvalue weighted by molar-refractivity contribution is 5.75. The summed E-state index contributed by atoms with van der Waals surface area (Å²) in [4.78, 5) is 10.9. The summed E-state index contributed by atoms with van der Waals surface area (Å²) >= 11 is 0. The first-order chi connectivity index (χ1) is 6.66. The van der Waals surface area contributed by atoms with Crippen LogP contribution in [0.2, 0.25) is 0 Å². The Kier molecular flexibility index (Phi) is 4.35. The number of amides is 1. The first-order valence-electron chi connectivity index (χ1n) is 5.15. The van der Waals surface area contributed by atoms with E-state index in [1.54, 1.807) is 7.05 Å². The van der Waals surface area contributed by atoms with Crippen LogP contribution in [0.4, 0.5) is 0 Å². The fourth-order valence-corrected chi connectivity index (χ4v) is 1.44. The van der Waals surface area contributed by atoms with Crippen molar-refractivity contribution in [2.24, 2.45) is 5.41 Å². The van der Waals surface area contributed by atoms with Crippen LogP contribution in [0.5, 0.6) is 0 Å². The number of carbonyl (C=O) groups excluding carboxylic acids is 1. The number of hydrogen-bond donors (Lipinski definition) is 2. The lowest BCUT2D eigenvalue weighted by Crippen LogP contribution is -2.47. The maximum atomic E-state index is 10.9. The summed E-state index contributed by atoms with van der Waals surface area (Å²) in [5.41, 5.74) is 0.326. The molecule has 0 radical (unpaired) electrons. The second-order valence-corrected chi connectivity index (χ2v) is 4.26. The molecule has 14 heavy (non-hydrogen) atoms. The van der Waals surface area contributed by atoms with Gasteiger partial charge in [-0.1, -0.05) is 6.92 Å². The Bertz CT molecular complexity index is 191. The standard InChI is InChI=1S/C10H20N2O2/c1-10(7-14-8-10)6-12-5-3-4-9(13)11-2/h12H,3-8H2,1-2H3,(H,11,13). The van der Waals surface area contributed by atoms with E-state index in [-0.39, 0.29) is 5.91 Å². The van der Waals surface area contributed by atoms with Gasteiger partial charge in [-0.15, -0.1) is 0 Å². The van der Waals surface area contributed by atoms with Crippen molar-refractivity contribution in [1.29, 1.82) is 0 Å². The van der Waals surface area contributed by atoms with Crippen LogP contribution < -0.4 is 10.6 Å². The molecule has 0 aliphatic carbocycles. The topological polar surface area (TPSA) is 50.4 Å². The maximum Gasteiger partial charge on any atom is 0.219 e. The van der Waals surface area contributed by atoms with Crippen LogP contribution >= 0.6 is 0 Å². The van der Waals surface area contributed by atoms with E-state index >= 15 is 0 Å². The summed E-state index contributed by atoms with van der Waals surface area (Å²) in [5.74, 6) is 0.116. The predicted molar refractivity (Wildman–Crippen MR) is 55.1 cm³/mol. The van der Waals surface area contributed by atoms with Crippen LogP contribution in [0.1, 0.15) is 19.8 Å². The zero-order valence-electron chi connectivity index (χ0n) is 9.06. The van der Waals surface area contributed by atoms with Crippen molar-refractivity contribution < 1.29 is 9.53 Å². The van der Waals surface area contributed by atoms with E-state index in [9.17, 15) is 4.79 Å². The lowest BCUT2D eigenvalue weighted by atomic mass is 9.89. The van der Waals surface area contributed by atoms with E-state index in [4.69, 9.17) is 4.74 Å². The fourth-order valence-electron chi connectivity index (χ4n) is 1.44. The first-order valence-corrected chi connectivity index (χ1v) is 5.15. The van der Waals surface area contributed by atoms with Gasteiger partial charge in [-0.05, 0) is 13.0 Å². The van der Waals surface area contributed by atoms with Gasteiger partial charge in [0.25, 0.3) is 0 Å². The minimum atomic E-state index is 0.116. The van der Waals surface area contributed by atoms with Crippen molar-refractivity contribution in [3.63, 3.8) is 0 Å². The van der Waals surface area contributed by atoms with E-state index in [0.717, 1.165) is 32.7 Å². The van der Waals surface area contributed by atoms with Crippen molar-refractivity contribution in [3.8, 4) is 0 Å². The third-order valence-corrected chi connectivity index (χ3v) is 2.49. The molecule has 1 heterocycles. The molecule has 2 N–H and O–H groups in total. The Morgan fingerprint density at radius 1 is 1.50 bits per heavy atom. The molecule has 0 unspecified atom stereocenters. The van der Waals surface area contributed by atoms with Crippen LogP contribution in [0.3, 0.4) is 0 Å². The molecule has 1 fully saturated rings. The zero-order valence-corrected chi connectivity index (χ0v) is 9.06. The van der Waals surface area contributed by atoms with Crippen LogP contribution in [-0.2, 0) is 9.53 Å². The molecule has 4 nitrogen and oxygen atoms in total. The van der Waals surface area contributed by atoms with Crippen molar-refractivity contribution in [1.82, 2.24) is 10.6 Å². The SMILES string of the molecule is CNC(=O)CCCNCC1(C)COC1. The number of carbonyl (C=O) groups is 1. The second-order valence-electron chi connectivity index (χ2n) is 4.26. The Morgan fingerprint density at radius 2 is 2.21 bits per heavy atom. The number of ether oxygens (including phenoxy) is 1. The van der Waals surface area contributed by atoms with Crippen LogP contribution in [0.15, 0.2) is 0 Å². The highest BCUT2D eigenvalue weighted by Crippen LogP contribution is 2.24. The van der Waals surface area contributed by atoms with Gasteiger partial charge < -0.3 is 15.4 Å². The molecule has 0 bridgehead atoms. The zero-order chi connectivity index (χ0) is 10.4. The number of hydrogen-bond acceptors (Lipinski definition) is 3. The summed E-state index contributed by atoms with van der Waals surface area (Å²) in [6.45, 7) is 5.82. The summed E-state index contributed by atoms with van der Waals surface area (Å²) in [5, 5.41) is 5.96. The van der Waals surface area contributed by atoms with E-state index in [2.05, 4.69) is 17.6 Å². The Hall–Kier alpha value is -0.610. The van der Waals surface area contributed by atoms with E-state index in [0.29, 0.717) is 11.8 Å². The van der Waals surface area contributed by atoms with Gasteiger partial charge in [0.05, 0.1) is 13.2 Å². The molecular weight excluding hydrogens is 180 g/mol. The van der Waals surface area contributed by atoms with Gasteiger partial charge in [0.15, 0.2) is 0 Å². The van der Waals surface area contributed by atoms with Crippen LogP contribution in [0, 0.1) is 5.41 Å². The lowest BCUT2D eigenvalue weighted by Gasteiger charge is -2.38. The first kappa shape index (κ1) is 11.5. The highest BCUT2D eigenvalue weighted by atomic mass is 16.5. The molecule has 0 aromatic carbocycles. The van der Waals surface area contributed by atoms with Gasteiger partial charge in [0, 0.05) is 25.4 Å². The van der Waals surface area contributed by atoms with Gasteiger partial charge in [0.1, 0.15) is 0 Å². The predicted octanol–water partition coefficient (Wildman–Crippen LogP) is 0.139. The minimum absolute atomic E-state index is 0.116. The monoisotopic (exact) mass is 200 g/mol. The Labute approximate surface area is 85.4 Å². The van der Waals surface area contributed by atoms with Gasteiger partial charge in [-0.2, -0.15) is 0 Å². The van der Waals surface area contributed by atoms with Gasteiger partial charge in [0.2, 0.25) is 5.91 Å². The summed E-state index contributed by atoms with van der Waals surface area (Å²) in [7, 11) is 1.67. The largest absolute Gasteiger partial charge is 0.380 e.